The average Bonchev–Trinajstić information content (AvgIpc) is 2.47. The summed E-state index contributed by atoms with van der Waals surface area (Å²) in [6.07, 6.45) is 0.568. The first kappa shape index (κ1) is 15.7. The quantitative estimate of drug-likeness (QED) is 0.923. The third-order valence-electron chi connectivity index (χ3n) is 3.66. The van der Waals surface area contributed by atoms with E-state index in [9.17, 15) is 13.5 Å². The smallest absolute Gasteiger partial charge is 0.153 e. The molecule has 0 fully saturated rings. The topological polar surface area (TPSA) is 54.4 Å². The van der Waals surface area contributed by atoms with Crippen molar-refractivity contribution in [3.63, 3.8) is 0 Å². The summed E-state index contributed by atoms with van der Waals surface area (Å²) in [6, 6.07) is 17.3. The third-order valence-corrected chi connectivity index (χ3v) is 5.35. The highest BCUT2D eigenvalue weighted by atomic mass is 32.2. The number of hydrogen-bond donors (Lipinski definition) is 1. The Bertz CT molecular complexity index is 676. The van der Waals surface area contributed by atoms with Gasteiger partial charge in [-0.15, -0.1) is 0 Å². The van der Waals surface area contributed by atoms with Crippen molar-refractivity contribution >= 4 is 9.84 Å². The van der Waals surface area contributed by atoms with Crippen molar-refractivity contribution in [1.82, 2.24) is 0 Å². The molecule has 0 unspecified atom stereocenters. The lowest BCUT2D eigenvalue weighted by molar-refractivity contribution is 0.169. The minimum atomic E-state index is -3.27. The summed E-state index contributed by atoms with van der Waals surface area (Å²) < 4.78 is 23.4. The van der Waals surface area contributed by atoms with Gasteiger partial charge in [0.15, 0.2) is 9.84 Å². The standard InChI is InChI=1S/C17H20O3S/c1-3-16(21(2,19)20)17(18)15-11-9-14(10-12-15)13-7-5-4-6-8-13/h4-12,16-18H,3H2,1-2H3/t16-,17-/m1/s1. The van der Waals surface area contributed by atoms with Gasteiger partial charge in [0.1, 0.15) is 0 Å². The van der Waals surface area contributed by atoms with E-state index in [1.54, 1.807) is 19.1 Å². The molecule has 3 nitrogen and oxygen atoms in total. The van der Waals surface area contributed by atoms with Crippen LogP contribution in [0.15, 0.2) is 54.6 Å². The van der Waals surface area contributed by atoms with Crippen LogP contribution in [0.5, 0.6) is 0 Å². The third kappa shape index (κ3) is 3.71. The molecule has 0 saturated heterocycles. The van der Waals surface area contributed by atoms with Gasteiger partial charge < -0.3 is 5.11 Å². The van der Waals surface area contributed by atoms with Crippen LogP contribution >= 0.6 is 0 Å². The molecule has 1 N–H and O–H groups in total. The molecule has 0 aromatic heterocycles. The lowest BCUT2D eigenvalue weighted by Crippen LogP contribution is -2.26. The summed E-state index contributed by atoms with van der Waals surface area (Å²) in [5.41, 5.74) is 2.76. The van der Waals surface area contributed by atoms with E-state index in [0.717, 1.165) is 11.1 Å². The molecule has 2 atom stereocenters. The predicted molar refractivity (Wildman–Crippen MR) is 85.8 cm³/mol. The first-order chi connectivity index (χ1) is 9.93. The Morgan fingerprint density at radius 2 is 1.48 bits per heavy atom. The van der Waals surface area contributed by atoms with Crippen molar-refractivity contribution in [3.05, 3.63) is 60.2 Å². The molecule has 0 spiro atoms. The molecular weight excluding hydrogens is 284 g/mol. The zero-order valence-corrected chi connectivity index (χ0v) is 13.0. The maximum atomic E-state index is 11.7. The van der Waals surface area contributed by atoms with Crippen LogP contribution in [-0.2, 0) is 9.84 Å². The molecular formula is C17H20O3S. The highest BCUT2D eigenvalue weighted by Crippen LogP contribution is 2.27. The first-order valence-corrected chi connectivity index (χ1v) is 8.91. The van der Waals surface area contributed by atoms with Gasteiger partial charge in [-0.25, -0.2) is 8.42 Å². The van der Waals surface area contributed by atoms with Gasteiger partial charge in [0.2, 0.25) is 0 Å². The molecule has 2 aromatic carbocycles. The van der Waals surface area contributed by atoms with Gasteiger partial charge in [0.05, 0.1) is 11.4 Å². The van der Waals surface area contributed by atoms with Crippen molar-refractivity contribution in [2.24, 2.45) is 0 Å². The van der Waals surface area contributed by atoms with Crippen molar-refractivity contribution in [2.75, 3.05) is 6.26 Å². The molecule has 112 valence electrons. The lowest BCUT2D eigenvalue weighted by atomic mass is 10.00. The van der Waals surface area contributed by atoms with E-state index in [0.29, 0.717) is 12.0 Å². The summed E-state index contributed by atoms with van der Waals surface area (Å²) in [7, 11) is -3.27. The SMILES string of the molecule is CC[C@H]([C@H](O)c1ccc(-c2ccccc2)cc1)S(C)(=O)=O. The van der Waals surface area contributed by atoms with E-state index in [1.807, 2.05) is 42.5 Å². The fourth-order valence-corrected chi connectivity index (χ4v) is 3.71. The van der Waals surface area contributed by atoms with E-state index >= 15 is 0 Å². The van der Waals surface area contributed by atoms with Gasteiger partial charge in [-0.05, 0) is 23.1 Å². The number of rotatable bonds is 5. The Balaban J connectivity index is 2.27. The predicted octanol–water partition coefficient (Wildman–Crippen LogP) is 3.21. The van der Waals surface area contributed by atoms with E-state index in [4.69, 9.17) is 0 Å². The number of aliphatic hydroxyl groups is 1. The summed E-state index contributed by atoms with van der Waals surface area (Å²) in [6.45, 7) is 1.77. The minimum absolute atomic E-state index is 0.389. The monoisotopic (exact) mass is 304 g/mol. The second-order valence-corrected chi connectivity index (χ2v) is 7.47. The molecule has 0 saturated carbocycles. The van der Waals surface area contributed by atoms with Gasteiger partial charge in [0, 0.05) is 6.26 Å². The normalized spacial score (nSPS) is 14.6. The number of benzene rings is 2. The maximum absolute atomic E-state index is 11.7. The Labute approximate surface area is 126 Å². The summed E-state index contributed by atoms with van der Waals surface area (Å²) in [5, 5.41) is 9.53. The number of sulfone groups is 1. The van der Waals surface area contributed by atoms with Gasteiger partial charge in [0.25, 0.3) is 0 Å². The molecule has 0 amide bonds. The van der Waals surface area contributed by atoms with E-state index in [-0.39, 0.29) is 0 Å². The Hall–Kier alpha value is -1.65. The van der Waals surface area contributed by atoms with Crippen LogP contribution in [-0.4, -0.2) is 25.0 Å². The number of aliphatic hydroxyl groups excluding tert-OH is 1. The van der Waals surface area contributed by atoms with E-state index in [1.165, 1.54) is 6.26 Å². The van der Waals surface area contributed by atoms with Crippen LogP contribution in [0.1, 0.15) is 25.0 Å². The summed E-state index contributed by atoms with van der Waals surface area (Å²) in [5.74, 6) is 0. The highest BCUT2D eigenvalue weighted by molar-refractivity contribution is 7.91. The molecule has 0 radical (unpaired) electrons. The largest absolute Gasteiger partial charge is 0.387 e. The van der Waals surface area contributed by atoms with Crippen molar-refractivity contribution < 1.29 is 13.5 Å². The van der Waals surface area contributed by atoms with Gasteiger partial charge in [-0.3, -0.25) is 0 Å². The van der Waals surface area contributed by atoms with Gasteiger partial charge in [-0.1, -0.05) is 61.5 Å². The molecule has 0 aliphatic rings. The van der Waals surface area contributed by atoms with Crippen LogP contribution < -0.4 is 0 Å². The molecule has 0 bridgehead atoms. The van der Waals surface area contributed by atoms with Crippen molar-refractivity contribution in [1.29, 1.82) is 0 Å². The fourth-order valence-electron chi connectivity index (χ4n) is 2.48. The summed E-state index contributed by atoms with van der Waals surface area (Å²) >= 11 is 0. The van der Waals surface area contributed by atoms with E-state index in [2.05, 4.69) is 0 Å². The molecule has 2 rings (SSSR count). The Kier molecular flexibility index (Phi) is 4.80. The van der Waals surface area contributed by atoms with Gasteiger partial charge in [-0.2, -0.15) is 0 Å². The molecule has 0 heterocycles. The molecule has 0 aliphatic heterocycles. The molecule has 0 aliphatic carbocycles. The van der Waals surface area contributed by atoms with Crippen LogP contribution in [0.3, 0.4) is 0 Å². The fraction of sp³-hybridized carbons (Fsp3) is 0.294. The lowest BCUT2D eigenvalue weighted by Gasteiger charge is -2.20. The van der Waals surface area contributed by atoms with Crippen LogP contribution in [0.4, 0.5) is 0 Å². The Morgan fingerprint density at radius 3 is 1.95 bits per heavy atom. The molecule has 2 aromatic rings. The van der Waals surface area contributed by atoms with Crippen molar-refractivity contribution in [3.8, 4) is 11.1 Å². The van der Waals surface area contributed by atoms with Gasteiger partial charge >= 0.3 is 0 Å². The zero-order chi connectivity index (χ0) is 15.5. The zero-order valence-electron chi connectivity index (χ0n) is 12.2. The molecule has 4 heteroatoms. The highest BCUT2D eigenvalue weighted by Gasteiger charge is 2.28. The summed E-state index contributed by atoms with van der Waals surface area (Å²) in [4.78, 5) is 0. The van der Waals surface area contributed by atoms with E-state index < -0.39 is 21.2 Å². The minimum Gasteiger partial charge on any atom is -0.387 e. The first-order valence-electron chi connectivity index (χ1n) is 6.95. The van der Waals surface area contributed by atoms with Crippen molar-refractivity contribution in [2.45, 2.75) is 24.7 Å². The van der Waals surface area contributed by atoms with Crippen LogP contribution in [0.2, 0.25) is 0 Å². The number of hydrogen-bond acceptors (Lipinski definition) is 3. The van der Waals surface area contributed by atoms with Crippen LogP contribution in [0, 0.1) is 0 Å². The molecule has 21 heavy (non-hydrogen) atoms. The Morgan fingerprint density at radius 1 is 0.952 bits per heavy atom. The van der Waals surface area contributed by atoms with Crippen LogP contribution in [0.25, 0.3) is 11.1 Å². The second-order valence-electron chi connectivity index (χ2n) is 5.21. The maximum Gasteiger partial charge on any atom is 0.153 e. The second kappa shape index (κ2) is 6.41. The average molecular weight is 304 g/mol.